The van der Waals surface area contributed by atoms with E-state index >= 15 is 0 Å². The first kappa shape index (κ1) is 14.5. The van der Waals surface area contributed by atoms with Crippen LogP contribution in [0.3, 0.4) is 0 Å². The van der Waals surface area contributed by atoms with Crippen LogP contribution >= 0.6 is 15.9 Å². The molecule has 3 heteroatoms. The molecule has 4 rings (SSSR count). The molecule has 0 N–H and O–H groups in total. The van der Waals surface area contributed by atoms with Gasteiger partial charge in [0.15, 0.2) is 0 Å². The van der Waals surface area contributed by atoms with Crippen LogP contribution in [0.2, 0.25) is 0 Å². The van der Waals surface area contributed by atoms with Crippen LogP contribution in [0, 0.1) is 0 Å². The van der Waals surface area contributed by atoms with E-state index in [1.54, 1.807) is 0 Å². The van der Waals surface area contributed by atoms with Crippen LogP contribution in [0.25, 0.3) is 10.8 Å². The number of hydrogen-bond donors (Lipinski definition) is 0. The van der Waals surface area contributed by atoms with E-state index in [1.165, 1.54) is 16.3 Å². The minimum absolute atomic E-state index is 0.0507. The Morgan fingerprint density at radius 2 is 1.65 bits per heavy atom. The molecule has 2 nitrogen and oxygen atoms in total. The van der Waals surface area contributed by atoms with Crippen molar-refractivity contribution in [3.05, 3.63) is 82.3 Å². The van der Waals surface area contributed by atoms with E-state index in [9.17, 15) is 4.79 Å². The molecule has 1 aliphatic rings. The highest BCUT2D eigenvalue weighted by Gasteiger charge is 2.37. The van der Waals surface area contributed by atoms with Crippen molar-refractivity contribution in [3.8, 4) is 0 Å². The summed E-state index contributed by atoms with van der Waals surface area (Å²) in [5, 5.41) is 2.39. The Morgan fingerprint density at radius 1 is 0.913 bits per heavy atom. The van der Waals surface area contributed by atoms with Crippen molar-refractivity contribution in [2.75, 3.05) is 0 Å². The zero-order chi connectivity index (χ0) is 15.8. The van der Waals surface area contributed by atoms with Gasteiger partial charge in [0, 0.05) is 10.4 Å². The summed E-state index contributed by atoms with van der Waals surface area (Å²) in [6, 6.07) is 22.6. The number of carbonyl (C=O) groups excluding carboxylic acids is 1. The Labute approximate surface area is 143 Å². The summed E-state index contributed by atoms with van der Waals surface area (Å²) in [6.07, 6.45) is 0.204. The average Bonchev–Trinajstić information content (AvgIpc) is 2.96. The lowest BCUT2D eigenvalue weighted by molar-refractivity contribution is -0.141. The Balaban J connectivity index is 1.82. The van der Waals surface area contributed by atoms with Gasteiger partial charge < -0.3 is 4.74 Å². The number of rotatable bonds is 2. The van der Waals surface area contributed by atoms with Crippen molar-refractivity contribution in [1.82, 2.24) is 0 Å². The van der Waals surface area contributed by atoms with Crippen molar-refractivity contribution in [2.45, 2.75) is 18.4 Å². The van der Waals surface area contributed by atoms with Gasteiger partial charge >= 0.3 is 5.97 Å². The van der Waals surface area contributed by atoms with Gasteiger partial charge in [-0.05, 0) is 34.0 Å². The van der Waals surface area contributed by atoms with Crippen molar-refractivity contribution in [3.63, 3.8) is 0 Å². The minimum Gasteiger partial charge on any atom is -0.457 e. The topological polar surface area (TPSA) is 26.3 Å². The van der Waals surface area contributed by atoms with Crippen LogP contribution in [-0.4, -0.2) is 5.97 Å². The number of esters is 1. The van der Waals surface area contributed by atoms with E-state index in [-0.39, 0.29) is 18.0 Å². The van der Waals surface area contributed by atoms with Gasteiger partial charge in [0.1, 0.15) is 6.10 Å². The van der Waals surface area contributed by atoms with Crippen molar-refractivity contribution in [2.24, 2.45) is 0 Å². The number of hydrogen-bond acceptors (Lipinski definition) is 2. The zero-order valence-electron chi connectivity index (χ0n) is 12.4. The molecule has 2 atom stereocenters. The van der Waals surface area contributed by atoms with Crippen molar-refractivity contribution < 1.29 is 9.53 Å². The second-order valence-electron chi connectivity index (χ2n) is 5.84. The van der Waals surface area contributed by atoms with E-state index in [0.29, 0.717) is 6.42 Å². The van der Waals surface area contributed by atoms with E-state index in [2.05, 4.69) is 46.3 Å². The molecule has 1 aliphatic heterocycles. The number of ether oxygens (including phenoxy) is 1. The molecule has 0 saturated carbocycles. The smallest absolute Gasteiger partial charge is 0.307 e. The lowest BCUT2D eigenvalue weighted by Gasteiger charge is -2.20. The number of benzene rings is 3. The lowest BCUT2D eigenvalue weighted by atomic mass is 9.86. The number of cyclic esters (lactones) is 1. The molecular weight excluding hydrogens is 352 g/mol. The second kappa shape index (κ2) is 5.82. The number of carbonyl (C=O) groups is 1. The van der Waals surface area contributed by atoms with Gasteiger partial charge in [0.05, 0.1) is 6.42 Å². The highest BCUT2D eigenvalue weighted by atomic mass is 79.9. The van der Waals surface area contributed by atoms with Crippen molar-refractivity contribution >= 4 is 32.7 Å². The van der Waals surface area contributed by atoms with Gasteiger partial charge in [0.25, 0.3) is 0 Å². The summed E-state index contributed by atoms with van der Waals surface area (Å²) in [5.74, 6) is -0.0781. The SMILES string of the molecule is O=C1C[C@H](c2cccc3ccccc23)[C@@H](c2ccc(Br)cc2)O1. The Kier molecular flexibility index (Phi) is 3.66. The molecule has 0 radical (unpaired) electrons. The summed E-state index contributed by atoms with van der Waals surface area (Å²) in [4.78, 5) is 12.0. The van der Waals surface area contributed by atoms with Gasteiger partial charge in [-0.15, -0.1) is 0 Å². The third-order valence-electron chi connectivity index (χ3n) is 4.43. The highest BCUT2D eigenvalue weighted by molar-refractivity contribution is 9.10. The van der Waals surface area contributed by atoms with Crippen LogP contribution < -0.4 is 0 Å². The zero-order valence-corrected chi connectivity index (χ0v) is 14.0. The predicted molar refractivity (Wildman–Crippen MR) is 94.3 cm³/mol. The molecule has 3 aromatic rings. The summed E-state index contributed by atoms with van der Waals surface area (Å²) in [5.41, 5.74) is 2.22. The quantitative estimate of drug-likeness (QED) is 0.569. The minimum atomic E-state index is -0.221. The van der Waals surface area contributed by atoms with Crippen molar-refractivity contribution in [1.29, 1.82) is 0 Å². The molecule has 23 heavy (non-hydrogen) atoms. The molecule has 0 bridgehead atoms. The van der Waals surface area contributed by atoms with Crippen LogP contribution in [0.4, 0.5) is 0 Å². The Hall–Kier alpha value is -2.13. The fourth-order valence-corrected chi connectivity index (χ4v) is 3.62. The maximum Gasteiger partial charge on any atom is 0.307 e. The fraction of sp³-hybridized carbons (Fsp3) is 0.150. The Morgan fingerprint density at radius 3 is 2.48 bits per heavy atom. The first-order valence-corrected chi connectivity index (χ1v) is 8.44. The van der Waals surface area contributed by atoms with E-state index in [0.717, 1.165) is 10.0 Å². The van der Waals surface area contributed by atoms with Gasteiger partial charge in [-0.1, -0.05) is 70.5 Å². The molecule has 0 aromatic heterocycles. The standard InChI is InChI=1S/C20H15BrO2/c21-15-10-8-14(9-11-15)20-18(12-19(22)23-20)17-7-3-5-13-4-1-2-6-16(13)17/h1-11,18,20H,12H2/t18-,20-/m1/s1. The molecule has 1 fully saturated rings. The van der Waals surface area contributed by atoms with E-state index < -0.39 is 0 Å². The van der Waals surface area contributed by atoms with Gasteiger partial charge in [0.2, 0.25) is 0 Å². The molecule has 3 aromatic carbocycles. The molecule has 0 amide bonds. The Bertz CT molecular complexity index is 865. The molecule has 0 spiro atoms. The molecule has 1 saturated heterocycles. The first-order valence-electron chi connectivity index (χ1n) is 7.65. The highest BCUT2D eigenvalue weighted by Crippen LogP contribution is 2.44. The molecule has 0 aliphatic carbocycles. The molecule has 1 heterocycles. The van der Waals surface area contributed by atoms with Gasteiger partial charge in [-0.25, -0.2) is 0 Å². The fourth-order valence-electron chi connectivity index (χ4n) is 3.36. The van der Waals surface area contributed by atoms with Gasteiger partial charge in [-0.3, -0.25) is 4.79 Å². The number of halogens is 1. The maximum absolute atomic E-state index is 12.0. The van der Waals surface area contributed by atoms with E-state index in [4.69, 9.17) is 4.74 Å². The average molecular weight is 367 g/mol. The second-order valence-corrected chi connectivity index (χ2v) is 6.76. The summed E-state index contributed by atoms with van der Waals surface area (Å²) in [6.45, 7) is 0. The summed E-state index contributed by atoms with van der Waals surface area (Å²) >= 11 is 3.45. The summed E-state index contributed by atoms with van der Waals surface area (Å²) < 4.78 is 6.67. The van der Waals surface area contributed by atoms with Crippen LogP contribution in [0.5, 0.6) is 0 Å². The van der Waals surface area contributed by atoms with Crippen LogP contribution in [0.15, 0.2) is 71.2 Å². The lowest BCUT2D eigenvalue weighted by Crippen LogP contribution is -2.06. The number of fused-ring (bicyclic) bond motifs is 1. The van der Waals surface area contributed by atoms with Crippen LogP contribution in [-0.2, 0) is 9.53 Å². The third-order valence-corrected chi connectivity index (χ3v) is 4.96. The normalized spacial score (nSPS) is 20.7. The first-order chi connectivity index (χ1) is 11.2. The van der Waals surface area contributed by atoms with Gasteiger partial charge in [-0.2, -0.15) is 0 Å². The third kappa shape index (κ3) is 2.66. The van der Waals surface area contributed by atoms with E-state index in [1.807, 2.05) is 36.4 Å². The predicted octanol–water partition coefficient (Wildman–Crippen LogP) is 5.37. The summed E-state index contributed by atoms with van der Waals surface area (Å²) in [7, 11) is 0. The largest absolute Gasteiger partial charge is 0.457 e. The van der Waals surface area contributed by atoms with Crippen LogP contribution in [0.1, 0.15) is 29.6 Å². The monoisotopic (exact) mass is 366 g/mol. The maximum atomic E-state index is 12.0. The molecule has 0 unspecified atom stereocenters. The molecular formula is C20H15BrO2. The molecule has 114 valence electrons.